The number of hydrogen-bond donors (Lipinski definition) is 1. The Morgan fingerprint density at radius 1 is 1.11 bits per heavy atom. The van der Waals surface area contributed by atoms with E-state index < -0.39 is 5.97 Å². The van der Waals surface area contributed by atoms with Gasteiger partial charge in [0, 0.05) is 30.3 Å². The first-order chi connectivity index (χ1) is 18.5. The van der Waals surface area contributed by atoms with E-state index in [1.54, 1.807) is 4.90 Å². The fourth-order valence-corrected chi connectivity index (χ4v) is 5.35. The highest BCUT2D eigenvalue weighted by Crippen LogP contribution is 2.35. The molecule has 0 spiro atoms. The van der Waals surface area contributed by atoms with Crippen molar-refractivity contribution in [1.82, 2.24) is 14.7 Å². The molecule has 0 aliphatic carbocycles. The highest BCUT2D eigenvalue weighted by molar-refractivity contribution is 8.26. The number of ether oxygens (including phenoxy) is 1. The van der Waals surface area contributed by atoms with Crippen LogP contribution >= 0.6 is 24.0 Å². The van der Waals surface area contributed by atoms with Crippen molar-refractivity contribution in [1.29, 1.82) is 0 Å². The van der Waals surface area contributed by atoms with Crippen LogP contribution in [0.2, 0.25) is 0 Å². The molecule has 3 aromatic rings. The molecule has 4 rings (SSSR count). The Morgan fingerprint density at radius 3 is 2.68 bits per heavy atom. The molecule has 38 heavy (non-hydrogen) atoms. The zero-order chi connectivity index (χ0) is 26.9. The van der Waals surface area contributed by atoms with Gasteiger partial charge < -0.3 is 9.84 Å². The van der Waals surface area contributed by atoms with Gasteiger partial charge in [0.1, 0.15) is 15.8 Å². The molecule has 0 unspecified atom stereocenters. The highest BCUT2D eigenvalue weighted by atomic mass is 32.2. The first-order valence-corrected chi connectivity index (χ1v) is 14.0. The quantitative estimate of drug-likeness (QED) is 0.147. The number of amides is 1. The van der Waals surface area contributed by atoms with Crippen LogP contribution in [0.5, 0.6) is 5.75 Å². The predicted molar refractivity (Wildman–Crippen MR) is 155 cm³/mol. The van der Waals surface area contributed by atoms with Gasteiger partial charge in [-0.15, -0.1) is 0 Å². The molecule has 198 valence electrons. The molecule has 1 amide bonds. The maximum Gasteiger partial charge on any atom is 0.303 e. The number of aliphatic carboxylic acids is 1. The van der Waals surface area contributed by atoms with Crippen molar-refractivity contribution in [2.45, 2.75) is 45.4 Å². The van der Waals surface area contributed by atoms with E-state index in [0.29, 0.717) is 35.2 Å². The van der Waals surface area contributed by atoms with Crippen LogP contribution in [0.25, 0.3) is 23.0 Å². The van der Waals surface area contributed by atoms with Crippen molar-refractivity contribution in [2.75, 3.05) is 13.2 Å². The lowest BCUT2D eigenvalue weighted by molar-refractivity contribution is -0.137. The molecule has 1 aliphatic heterocycles. The molecule has 1 fully saturated rings. The Labute approximate surface area is 232 Å². The minimum atomic E-state index is -0.802. The summed E-state index contributed by atoms with van der Waals surface area (Å²) in [5.41, 5.74) is 3.36. The number of thioether (sulfide) groups is 1. The van der Waals surface area contributed by atoms with Crippen LogP contribution in [-0.4, -0.2) is 49.1 Å². The summed E-state index contributed by atoms with van der Waals surface area (Å²) in [5, 5.41) is 13.7. The maximum absolute atomic E-state index is 13.2. The Hall–Kier alpha value is -3.43. The summed E-state index contributed by atoms with van der Waals surface area (Å²) >= 11 is 6.79. The number of para-hydroxylation sites is 1. The molecule has 0 bridgehead atoms. The molecule has 7 nitrogen and oxygen atoms in total. The monoisotopic (exact) mass is 549 g/mol. The van der Waals surface area contributed by atoms with Crippen LogP contribution in [0, 0.1) is 0 Å². The lowest BCUT2D eigenvalue weighted by atomic mass is 10.1. The molecule has 1 aromatic heterocycles. The molecule has 0 radical (unpaired) electrons. The van der Waals surface area contributed by atoms with E-state index in [2.05, 4.69) is 6.92 Å². The van der Waals surface area contributed by atoms with Crippen LogP contribution in [0.4, 0.5) is 0 Å². The fraction of sp³-hybridized carbons (Fsp3) is 0.310. The van der Waals surface area contributed by atoms with E-state index in [1.807, 2.05) is 71.6 Å². The highest BCUT2D eigenvalue weighted by Gasteiger charge is 2.32. The summed E-state index contributed by atoms with van der Waals surface area (Å²) in [6.45, 7) is 3.27. The van der Waals surface area contributed by atoms with Gasteiger partial charge in [-0.05, 0) is 49.6 Å². The Bertz CT molecular complexity index is 1320. The number of benzene rings is 2. The van der Waals surface area contributed by atoms with Gasteiger partial charge in [0.05, 0.1) is 17.2 Å². The van der Waals surface area contributed by atoms with Gasteiger partial charge in [0.15, 0.2) is 0 Å². The van der Waals surface area contributed by atoms with E-state index >= 15 is 0 Å². The third-order valence-electron chi connectivity index (χ3n) is 6.07. The third-order valence-corrected chi connectivity index (χ3v) is 7.45. The largest absolute Gasteiger partial charge is 0.494 e. The number of nitrogens with zero attached hydrogens (tertiary/aromatic N) is 3. The number of thiocarbonyl (C=S) groups is 1. The number of aromatic nitrogens is 2. The number of carbonyl (C=O) groups is 2. The minimum Gasteiger partial charge on any atom is -0.494 e. The number of carboxylic acids is 1. The molecule has 1 N–H and O–H groups in total. The molecular weight excluding hydrogens is 518 g/mol. The van der Waals surface area contributed by atoms with E-state index in [4.69, 9.17) is 27.2 Å². The second kappa shape index (κ2) is 13.4. The lowest BCUT2D eigenvalue weighted by Crippen LogP contribution is -2.29. The summed E-state index contributed by atoms with van der Waals surface area (Å²) in [6, 6.07) is 17.7. The van der Waals surface area contributed by atoms with Crippen LogP contribution in [0.3, 0.4) is 0 Å². The average molecular weight is 550 g/mol. The number of hydrogen-bond acceptors (Lipinski definition) is 6. The molecular formula is C29H31N3O4S2. The standard InChI is InChI=1S/C29H31N3O4S2/c1-2-3-17-36-24-14-10-11-21(18-24)27-22(20-32(30-27)23-12-6-4-7-13-23)19-25-28(35)31(29(37)38-25)16-9-5-8-15-26(33)34/h4,6-7,10-14,18-20H,2-3,5,8-9,15-17H2,1H3,(H,33,34). The molecule has 2 aromatic carbocycles. The molecule has 1 saturated heterocycles. The predicted octanol–water partition coefficient (Wildman–Crippen LogP) is 6.56. The van der Waals surface area contributed by atoms with Gasteiger partial charge in [-0.3, -0.25) is 14.5 Å². The summed E-state index contributed by atoms with van der Waals surface area (Å²) < 4.78 is 8.25. The fourth-order valence-electron chi connectivity index (χ4n) is 4.05. The van der Waals surface area contributed by atoms with Gasteiger partial charge in [-0.1, -0.05) is 74.1 Å². The summed E-state index contributed by atoms with van der Waals surface area (Å²) in [6.07, 6.45) is 7.98. The molecule has 9 heteroatoms. The number of unbranched alkanes of at least 4 members (excludes halogenated alkanes) is 3. The van der Waals surface area contributed by atoms with Crippen molar-refractivity contribution in [2.24, 2.45) is 0 Å². The van der Waals surface area contributed by atoms with Gasteiger partial charge in [-0.2, -0.15) is 5.10 Å². The zero-order valence-corrected chi connectivity index (χ0v) is 23.0. The van der Waals surface area contributed by atoms with Gasteiger partial charge in [-0.25, -0.2) is 4.68 Å². The van der Waals surface area contributed by atoms with Gasteiger partial charge in [0.25, 0.3) is 5.91 Å². The number of carbonyl (C=O) groups excluding carboxylic acids is 1. The minimum absolute atomic E-state index is 0.131. The van der Waals surface area contributed by atoms with Crippen LogP contribution in [0.15, 0.2) is 65.7 Å². The Kier molecular flexibility index (Phi) is 9.73. The summed E-state index contributed by atoms with van der Waals surface area (Å²) in [5.74, 6) is -0.151. The molecule has 1 aliphatic rings. The van der Waals surface area contributed by atoms with Gasteiger partial charge >= 0.3 is 5.97 Å². The second-order valence-electron chi connectivity index (χ2n) is 8.98. The van der Waals surface area contributed by atoms with E-state index in [9.17, 15) is 9.59 Å². The normalized spacial score (nSPS) is 14.4. The molecule has 0 saturated carbocycles. The van der Waals surface area contributed by atoms with E-state index in [1.165, 1.54) is 11.8 Å². The smallest absolute Gasteiger partial charge is 0.303 e. The SMILES string of the molecule is CCCCOc1cccc(-c2nn(-c3ccccc3)cc2C=C2SC(=S)N(CCCCCC(=O)O)C2=O)c1. The topological polar surface area (TPSA) is 84.7 Å². The number of rotatable bonds is 13. The van der Waals surface area contributed by atoms with Crippen molar-refractivity contribution < 1.29 is 19.4 Å². The first kappa shape index (κ1) is 27.6. The zero-order valence-electron chi connectivity index (χ0n) is 21.3. The molecule has 2 heterocycles. The second-order valence-corrected chi connectivity index (χ2v) is 10.7. The van der Waals surface area contributed by atoms with Crippen LogP contribution in [-0.2, 0) is 9.59 Å². The lowest BCUT2D eigenvalue weighted by Gasteiger charge is -2.13. The van der Waals surface area contributed by atoms with Crippen molar-refractivity contribution in [3.63, 3.8) is 0 Å². The molecule has 0 atom stereocenters. The van der Waals surface area contributed by atoms with E-state index in [-0.39, 0.29) is 12.3 Å². The maximum atomic E-state index is 13.2. The Balaban J connectivity index is 1.60. The first-order valence-electron chi connectivity index (χ1n) is 12.8. The van der Waals surface area contributed by atoms with E-state index in [0.717, 1.165) is 47.5 Å². The van der Waals surface area contributed by atoms with Crippen LogP contribution in [0.1, 0.15) is 51.0 Å². The summed E-state index contributed by atoms with van der Waals surface area (Å²) in [4.78, 5) is 26.1. The van der Waals surface area contributed by atoms with Crippen molar-refractivity contribution in [3.05, 3.63) is 71.3 Å². The average Bonchev–Trinajstić information content (AvgIpc) is 3.45. The third kappa shape index (κ3) is 7.11. The van der Waals surface area contributed by atoms with Gasteiger partial charge in [0.2, 0.25) is 0 Å². The van der Waals surface area contributed by atoms with Crippen molar-refractivity contribution in [3.8, 4) is 22.7 Å². The van der Waals surface area contributed by atoms with Crippen molar-refractivity contribution >= 4 is 46.3 Å². The Morgan fingerprint density at radius 2 is 1.92 bits per heavy atom. The summed E-state index contributed by atoms with van der Waals surface area (Å²) in [7, 11) is 0. The van der Waals surface area contributed by atoms with Crippen LogP contribution < -0.4 is 4.74 Å². The number of carboxylic acid groups (broad SMARTS) is 1.